The molecule has 0 fully saturated rings. The van der Waals surface area contributed by atoms with E-state index in [1.54, 1.807) is 19.1 Å². The number of halogens is 1. The molecule has 2 aliphatic rings. The van der Waals surface area contributed by atoms with E-state index in [9.17, 15) is 14.0 Å². The second kappa shape index (κ2) is 3.38. The van der Waals surface area contributed by atoms with E-state index in [1.807, 2.05) is 0 Å². The number of rotatable bonds is 0. The van der Waals surface area contributed by atoms with Crippen molar-refractivity contribution >= 4 is 23.2 Å². The Labute approximate surface area is 103 Å². The van der Waals surface area contributed by atoms with E-state index >= 15 is 0 Å². The lowest BCUT2D eigenvalue weighted by Gasteiger charge is -2.25. The molecule has 1 heterocycles. The molecule has 1 aliphatic heterocycles. The van der Waals surface area contributed by atoms with Gasteiger partial charge in [-0.05, 0) is 19.4 Å². The van der Waals surface area contributed by atoms with Gasteiger partial charge in [0.25, 0.3) is 0 Å². The first-order valence-corrected chi connectivity index (χ1v) is 5.49. The Kier molecular flexibility index (Phi) is 2.05. The minimum atomic E-state index is -0.594. The van der Waals surface area contributed by atoms with Gasteiger partial charge in [0.1, 0.15) is 12.0 Å². The van der Waals surface area contributed by atoms with Gasteiger partial charge in [-0.1, -0.05) is 12.1 Å². The third kappa shape index (κ3) is 1.17. The largest absolute Gasteiger partial charge is 0.461 e. The number of carbonyl (C=O) groups excluding carboxylic acids is 2. The average Bonchev–Trinajstić information content (AvgIpc) is 2.35. The van der Waals surface area contributed by atoms with E-state index in [0.717, 1.165) is 6.26 Å². The maximum Gasteiger partial charge on any atom is 0.234 e. The molecule has 0 radical (unpaired) electrons. The SMILES string of the molecule is CC1=C2OC=C(F)c3ccc(C)c(c32)C(=O)C1=O. The number of ether oxygens (including phenoxy) is 1. The van der Waals surface area contributed by atoms with Gasteiger partial charge < -0.3 is 4.74 Å². The van der Waals surface area contributed by atoms with E-state index < -0.39 is 17.4 Å². The molecule has 90 valence electrons. The molecule has 3 nitrogen and oxygen atoms in total. The fraction of sp³-hybridized carbons (Fsp3) is 0.143. The van der Waals surface area contributed by atoms with Gasteiger partial charge in [-0.25, -0.2) is 4.39 Å². The summed E-state index contributed by atoms with van der Waals surface area (Å²) in [5, 5.41) is 0. The van der Waals surface area contributed by atoms with Crippen LogP contribution >= 0.6 is 0 Å². The Bertz CT molecular complexity index is 681. The second-order valence-corrected chi connectivity index (χ2v) is 4.38. The lowest BCUT2D eigenvalue weighted by Crippen LogP contribution is -2.26. The molecule has 0 aromatic heterocycles. The molecule has 0 bridgehead atoms. The first-order chi connectivity index (χ1) is 8.52. The van der Waals surface area contributed by atoms with Crippen LogP contribution in [0, 0.1) is 6.92 Å². The molecule has 0 amide bonds. The van der Waals surface area contributed by atoms with Crippen molar-refractivity contribution < 1.29 is 18.7 Å². The van der Waals surface area contributed by atoms with Gasteiger partial charge in [-0.15, -0.1) is 0 Å². The summed E-state index contributed by atoms with van der Waals surface area (Å²) in [6.45, 7) is 3.23. The Hall–Kier alpha value is -2.23. The molecule has 1 aliphatic carbocycles. The van der Waals surface area contributed by atoms with Crippen LogP contribution in [0.5, 0.6) is 0 Å². The van der Waals surface area contributed by atoms with Crippen molar-refractivity contribution in [2.75, 3.05) is 0 Å². The van der Waals surface area contributed by atoms with Gasteiger partial charge in [0.15, 0.2) is 5.83 Å². The third-order valence-corrected chi connectivity index (χ3v) is 3.29. The maximum absolute atomic E-state index is 13.7. The number of benzene rings is 1. The Morgan fingerprint density at radius 2 is 1.78 bits per heavy atom. The van der Waals surface area contributed by atoms with Gasteiger partial charge in [0.05, 0.1) is 0 Å². The van der Waals surface area contributed by atoms with Crippen LogP contribution in [0.1, 0.15) is 34.0 Å². The van der Waals surface area contributed by atoms with Gasteiger partial charge in [0, 0.05) is 22.3 Å². The van der Waals surface area contributed by atoms with Crippen LogP contribution < -0.4 is 0 Å². The van der Waals surface area contributed by atoms with Crippen LogP contribution in [0.15, 0.2) is 24.0 Å². The highest BCUT2D eigenvalue weighted by Crippen LogP contribution is 2.41. The molecule has 3 rings (SSSR count). The zero-order valence-corrected chi connectivity index (χ0v) is 9.83. The zero-order valence-electron chi connectivity index (χ0n) is 9.83. The molecule has 18 heavy (non-hydrogen) atoms. The number of aryl methyl sites for hydroxylation is 1. The molecule has 0 atom stereocenters. The quantitative estimate of drug-likeness (QED) is 0.659. The van der Waals surface area contributed by atoms with Crippen LogP contribution in [-0.2, 0) is 9.53 Å². The van der Waals surface area contributed by atoms with Gasteiger partial charge in [-0.2, -0.15) is 0 Å². The number of hydrogen-bond donors (Lipinski definition) is 0. The summed E-state index contributed by atoms with van der Waals surface area (Å²) in [6.07, 6.45) is 0.962. The van der Waals surface area contributed by atoms with Crippen LogP contribution in [-0.4, -0.2) is 11.6 Å². The van der Waals surface area contributed by atoms with Crippen molar-refractivity contribution in [3.05, 3.63) is 46.2 Å². The summed E-state index contributed by atoms with van der Waals surface area (Å²) < 4.78 is 18.8. The molecule has 1 aromatic rings. The van der Waals surface area contributed by atoms with Crippen molar-refractivity contribution in [1.82, 2.24) is 0 Å². The third-order valence-electron chi connectivity index (χ3n) is 3.29. The van der Waals surface area contributed by atoms with Gasteiger partial charge in [0.2, 0.25) is 11.6 Å². The molecule has 0 spiro atoms. The van der Waals surface area contributed by atoms with E-state index in [-0.39, 0.29) is 16.9 Å². The fourth-order valence-corrected chi connectivity index (χ4v) is 2.33. The van der Waals surface area contributed by atoms with Crippen molar-refractivity contribution in [3.8, 4) is 0 Å². The molecule has 0 saturated carbocycles. The van der Waals surface area contributed by atoms with Gasteiger partial charge in [-0.3, -0.25) is 9.59 Å². The van der Waals surface area contributed by atoms with Crippen molar-refractivity contribution in [2.24, 2.45) is 0 Å². The standard InChI is InChI=1S/C14H9FO3/c1-6-3-4-8-9(15)5-18-14-7(2)12(16)13(17)10(6)11(8)14/h3-5H,1-2H3. The van der Waals surface area contributed by atoms with E-state index in [2.05, 4.69) is 0 Å². The second-order valence-electron chi connectivity index (χ2n) is 4.38. The molecule has 0 unspecified atom stereocenters. The smallest absolute Gasteiger partial charge is 0.234 e. The van der Waals surface area contributed by atoms with Crippen molar-refractivity contribution in [2.45, 2.75) is 13.8 Å². The molecular weight excluding hydrogens is 235 g/mol. The highest BCUT2D eigenvalue weighted by molar-refractivity contribution is 6.52. The van der Waals surface area contributed by atoms with Crippen molar-refractivity contribution in [1.29, 1.82) is 0 Å². The monoisotopic (exact) mass is 244 g/mol. The summed E-state index contributed by atoms with van der Waals surface area (Å²) in [7, 11) is 0. The van der Waals surface area contributed by atoms with Crippen LogP contribution in [0.4, 0.5) is 4.39 Å². The van der Waals surface area contributed by atoms with E-state index in [0.29, 0.717) is 16.7 Å². The summed E-state index contributed by atoms with van der Waals surface area (Å²) in [4.78, 5) is 23.8. The fourth-order valence-electron chi connectivity index (χ4n) is 2.33. The summed E-state index contributed by atoms with van der Waals surface area (Å²) in [5.41, 5.74) is 1.83. The Balaban J connectivity index is 2.49. The number of allylic oxidation sites excluding steroid dienone is 1. The number of Topliss-reactive ketones (excluding diaryl/α,β-unsaturated/α-hetero) is 2. The summed E-state index contributed by atoms with van der Waals surface area (Å²) >= 11 is 0. The van der Waals surface area contributed by atoms with Crippen molar-refractivity contribution in [3.63, 3.8) is 0 Å². The molecule has 1 aromatic carbocycles. The highest BCUT2D eigenvalue weighted by atomic mass is 19.1. The Morgan fingerprint density at radius 3 is 2.50 bits per heavy atom. The molecular formula is C14H9FO3. The maximum atomic E-state index is 13.7. The predicted molar refractivity (Wildman–Crippen MR) is 63.3 cm³/mol. The van der Waals surface area contributed by atoms with E-state index in [1.165, 1.54) is 6.92 Å². The number of carbonyl (C=O) groups is 2. The molecule has 0 saturated heterocycles. The lowest BCUT2D eigenvalue weighted by molar-refractivity contribution is -0.111. The van der Waals surface area contributed by atoms with E-state index in [4.69, 9.17) is 4.74 Å². The first-order valence-electron chi connectivity index (χ1n) is 5.49. The summed E-state index contributed by atoms with van der Waals surface area (Å²) in [5.74, 6) is -1.43. The predicted octanol–water partition coefficient (Wildman–Crippen LogP) is 2.79. The normalized spacial score (nSPS) is 17.4. The summed E-state index contributed by atoms with van der Waals surface area (Å²) in [6, 6.07) is 3.23. The topological polar surface area (TPSA) is 43.4 Å². The molecule has 0 N–H and O–H groups in total. The van der Waals surface area contributed by atoms with Gasteiger partial charge >= 0.3 is 0 Å². The number of hydrogen-bond acceptors (Lipinski definition) is 3. The minimum Gasteiger partial charge on any atom is -0.461 e. The molecule has 4 heteroatoms. The number of ketones is 2. The van der Waals surface area contributed by atoms with Crippen LogP contribution in [0.2, 0.25) is 0 Å². The zero-order chi connectivity index (χ0) is 13.0. The van der Waals surface area contributed by atoms with Crippen LogP contribution in [0.25, 0.3) is 11.6 Å². The highest BCUT2D eigenvalue weighted by Gasteiger charge is 2.36. The minimum absolute atomic E-state index is 0.225. The van der Waals surface area contributed by atoms with Crippen LogP contribution in [0.3, 0.4) is 0 Å². The average molecular weight is 244 g/mol. The lowest BCUT2D eigenvalue weighted by atomic mass is 9.83. The Morgan fingerprint density at radius 1 is 1.06 bits per heavy atom. The first kappa shape index (κ1) is 10.9.